The maximum atomic E-state index is 12.4. The van der Waals surface area contributed by atoms with Crippen molar-refractivity contribution in [3.05, 3.63) is 40.7 Å². The number of rotatable bonds is 5. The Kier molecular flexibility index (Phi) is 5.12. The molecule has 120 valence electrons. The predicted molar refractivity (Wildman–Crippen MR) is 91.4 cm³/mol. The number of amides is 1. The molecule has 0 bridgehead atoms. The summed E-state index contributed by atoms with van der Waals surface area (Å²) in [7, 11) is 0. The first kappa shape index (κ1) is 15.8. The van der Waals surface area contributed by atoms with E-state index in [1.807, 2.05) is 6.92 Å². The first-order valence-electron chi connectivity index (χ1n) is 7.95. The van der Waals surface area contributed by atoms with Crippen LogP contribution in [0.3, 0.4) is 0 Å². The molecule has 5 nitrogen and oxygen atoms in total. The van der Waals surface area contributed by atoms with Crippen LogP contribution in [0.4, 0.5) is 0 Å². The Balaban J connectivity index is 1.61. The fraction of sp³-hybridized carbons (Fsp3) is 0.412. The summed E-state index contributed by atoms with van der Waals surface area (Å²) >= 11 is 1.34. The molecule has 0 fully saturated rings. The van der Waals surface area contributed by atoms with E-state index in [1.54, 1.807) is 18.5 Å². The predicted octanol–water partition coefficient (Wildman–Crippen LogP) is 3.53. The van der Waals surface area contributed by atoms with Gasteiger partial charge >= 0.3 is 0 Å². The second-order valence-corrected chi connectivity index (χ2v) is 6.62. The minimum Gasteiger partial charge on any atom is -0.351 e. The van der Waals surface area contributed by atoms with Gasteiger partial charge in [-0.1, -0.05) is 11.6 Å². The number of aryl methyl sites for hydroxylation is 1. The van der Waals surface area contributed by atoms with Gasteiger partial charge in [0.25, 0.3) is 5.91 Å². The maximum Gasteiger partial charge on any atom is 0.263 e. The fourth-order valence-corrected chi connectivity index (χ4v) is 3.59. The third-order valence-electron chi connectivity index (χ3n) is 3.88. The molecule has 0 saturated carbocycles. The van der Waals surface area contributed by atoms with E-state index in [-0.39, 0.29) is 5.91 Å². The number of hydrogen-bond acceptors (Lipinski definition) is 5. The number of nitrogens with zero attached hydrogens (tertiary/aromatic N) is 3. The molecule has 2 heterocycles. The lowest BCUT2D eigenvalue weighted by Gasteiger charge is -2.12. The normalized spacial score (nSPS) is 14.4. The monoisotopic (exact) mass is 328 g/mol. The molecule has 3 rings (SSSR count). The summed E-state index contributed by atoms with van der Waals surface area (Å²) < 4.78 is 0. The molecule has 1 aliphatic carbocycles. The molecule has 0 unspecified atom stereocenters. The van der Waals surface area contributed by atoms with Gasteiger partial charge in [0, 0.05) is 18.9 Å². The number of hydrogen-bond donors (Lipinski definition) is 1. The van der Waals surface area contributed by atoms with E-state index in [0.29, 0.717) is 22.3 Å². The molecule has 0 saturated heterocycles. The summed E-state index contributed by atoms with van der Waals surface area (Å²) in [4.78, 5) is 25.8. The first-order valence-corrected chi connectivity index (χ1v) is 8.76. The van der Waals surface area contributed by atoms with E-state index in [9.17, 15) is 4.79 Å². The van der Waals surface area contributed by atoms with Crippen molar-refractivity contribution in [1.82, 2.24) is 20.3 Å². The van der Waals surface area contributed by atoms with Crippen LogP contribution in [0.2, 0.25) is 0 Å². The number of aromatic nitrogens is 3. The molecular formula is C17H20N4OS. The van der Waals surface area contributed by atoms with Crippen molar-refractivity contribution < 1.29 is 4.79 Å². The SMILES string of the molecule is Cc1nc(-c2ncccn2)sc1C(=O)NCCC1=CCCCC1. The third-order valence-corrected chi connectivity index (χ3v) is 5.03. The minimum absolute atomic E-state index is 0.0569. The molecule has 2 aromatic heterocycles. The zero-order valence-electron chi connectivity index (χ0n) is 13.2. The summed E-state index contributed by atoms with van der Waals surface area (Å²) in [5.74, 6) is 0.505. The molecular weight excluding hydrogens is 308 g/mol. The quantitative estimate of drug-likeness (QED) is 0.853. The topological polar surface area (TPSA) is 67.8 Å². The highest BCUT2D eigenvalue weighted by Gasteiger charge is 2.17. The lowest BCUT2D eigenvalue weighted by atomic mass is 9.97. The fourth-order valence-electron chi connectivity index (χ4n) is 2.66. The highest BCUT2D eigenvalue weighted by molar-refractivity contribution is 7.17. The third kappa shape index (κ3) is 4.01. The summed E-state index contributed by atoms with van der Waals surface area (Å²) in [6.07, 6.45) is 11.5. The Morgan fingerprint density at radius 2 is 2.13 bits per heavy atom. The summed E-state index contributed by atoms with van der Waals surface area (Å²) in [6, 6.07) is 1.76. The number of thiazole rings is 1. The van der Waals surface area contributed by atoms with Gasteiger partial charge in [0.15, 0.2) is 10.8 Å². The van der Waals surface area contributed by atoms with Crippen LogP contribution < -0.4 is 5.32 Å². The lowest BCUT2D eigenvalue weighted by molar-refractivity contribution is 0.0957. The van der Waals surface area contributed by atoms with E-state index in [2.05, 4.69) is 26.3 Å². The van der Waals surface area contributed by atoms with Crippen molar-refractivity contribution in [3.63, 3.8) is 0 Å². The van der Waals surface area contributed by atoms with Gasteiger partial charge in [0.1, 0.15) is 4.88 Å². The summed E-state index contributed by atoms with van der Waals surface area (Å²) in [6.45, 7) is 2.53. The van der Waals surface area contributed by atoms with E-state index in [4.69, 9.17) is 0 Å². The van der Waals surface area contributed by atoms with Crippen molar-refractivity contribution in [2.24, 2.45) is 0 Å². The van der Waals surface area contributed by atoms with Gasteiger partial charge in [-0.15, -0.1) is 11.3 Å². The van der Waals surface area contributed by atoms with Gasteiger partial charge in [-0.05, 0) is 45.1 Å². The zero-order chi connectivity index (χ0) is 16.1. The number of allylic oxidation sites excluding steroid dienone is 1. The second-order valence-electron chi connectivity index (χ2n) is 5.62. The summed E-state index contributed by atoms with van der Waals surface area (Å²) in [5, 5.41) is 3.69. The first-order chi connectivity index (χ1) is 11.2. The lowest BCUT2D eigenvalue weighted by Crippen LogP contribution is -2.24. The molecule has 0 spiro atoms. The van der Waals surface area contributed by atoms with Gasteiger partial charge < -0.3 is 5.32 Å². The minimum atomic E-state index is -0.0569. The van der Waals surface area contributed by atoms with Gasteiger partial charge in [0.2, 0.25) is 0 Å². The zero-order valence-corrected chi connectivity index (χ0v) is 14.0. The Labute approximate surface area is 139 Å². The maximum absolute atomic E-state index is 12.4. The molecule has 1 amide bonds. The highest BCUT2D eigenvalue weighted by atomic mass is 32.1. The van der Waals surface area contributed by atoms with Gasteiger partial charge in [0.05, 0.1) is 5.69 Å². The average molecular weight is 328 g/mol. The smallest absolute Gasteiger partial charge is 0.263 e. The number of carbonyl (C=O) groups excluding carboxylic acids is 1. The van der Waals surface area contributed by atoms with Crippen molar-refractivity contribution in [3.8, 4) is 10.8 Å². The molecule has 23 heavy (non-hydrogen) atoms. The molecule has 0 radical (unpaired) electrons. The van der Waals surface area contributed by atoms with Gasteiger partial charge in [-0.25, -0.2) is 15.0 Å². The van der Waals surface area contributed by atoms with Gasteiger partial charge in [-0.3, -0.25) is 4.79 Å². The number of nitrogens with one attached hydrogen (secondary N) is 1. The van der Waals surface area contributed by atoms with Crippen molar-refractivity contribution in [2.45, 2.75) is 39.0 Å². The van der Waals surface area contributed by atoms with Crippen LogP contribution >= 0.6 is 11.3 Å². The highest BCUT2D eigenvalue weighted by Crippen LogP contribution is 2.25. The Bertz CT molecular complexity index is 709. The molecule has 6 heteroatoms. The van der Waals surface area contributed by atoms with E-state index < -0.39 is 0 Å². The molecule has 1 aliphatic rings. The standard InChI is InChI=1S/C17H20N4OS/c1-12-14(23-17(21-12)15-18-9-5-10-19-15)16(22)20-11-8-13-6-3-2-4-7-13/h5-6,9-10H,2-4,7-8,11H2,1H3,(H,20,22). The largest absolute Gasteiger partial charge is 0.351 e. The Hall–Kier alpha value is -2.08. The summed E-state index contributed by atoms with van der Waals surface area (Å²) in [5.41, 5.74) is 2.20. The van der Waals surface area contributed by atoms with Crippen LogP contribution in [0, 0.1) is 6.92 Å². The van der Waals surface area contributed by atoms with Gasteiger partial charge in [-0.2, -0.15) is 0 Å². The molecule has 0 atom stereocenters. The molecule has 1 N–H and O–H groups in total. The Morgan fingerprint density at radius 3 is 2.87 bits per heavy atom. The van der Waals surface area contributed by atoms with Crippen LogP contribution in [0.5, 0.6) is 0 Å². The van der Waals surface area contributed by atoms with E-state index in [0.717, 1.165) is 12.1 Å². The van der Waals surface area contributed by atoms with Crippen molar-refractivity contribution in [2.75, 3.05) is 6.54 Å². The van der Waals surface area contributed by atoms with Crippen LogP contribution in [0.1, 0.15) is 47.5 Å². The van der Waals surface area contributed by atoms with Crippen LogP contribution in [0.15, 0.2) is 30.1 Å². The average Bonchev–Trinajstić information content (AvgIpc) is 2.98. The Morgan fingerprint density at radius 1 is 1.30 bits per heavy atom. The van der Waals surface area contributed by atoms with Crippen molar-refractivity contribution >= 4 is 17.2 Å². The molecule has 0 aromatic carbocycles. The molecule has 2 aromatic rings. The van der Waals surface area contributed by atoms with Crippen LogP contribution in [-0.4, -0.2) is 27.4 Å². The molecule has 0 aliphatic heterocycles. The van der Waals surface area contributed by atoms with Crippen LogP contribution in [0.25, 0.3) is 10.8 Å². The number of carbonyl (C=O) groups is 1. The second kappa shape index (κ2) is 7.46. The van der Waals surface area contributed by atoms with E-state index >= 15 is 0 Å². The van der Waals surface area contributed by atoms with Crippen molar-refractivity contribution in [1.29, 1.82) is 0 Å². The van der Waals surface area contributed by atoms with Crippen LogP contribution in [-0.2, 0) is 0 Å². The van der Waals surface area contributed by atoms with E-state index in [1.165, 1.54) is 42.6 Å².